The first-order valence-electron chi connectivity index (χ1n) is 7.72. The lowest BCUT2D eigenvalue weighted by atomic mass is 9.85. The number of nitrogens with zero attached hydrogens (tertiary/aromatic N) is 3. The molecule has 1 saturated carbocycles. The highest BCUT2D eigenvalue weighted by atomic mass is 19.3. The molecule has 0 unspecified atom stereocenters. The summed E-state index contributed by atoms with van der Waals surface area (Å²) in [5.41, 5.74) is -1.79. The number of halogens is 2. The molecule has 3 atom stereocenters. The molecule has 1 aliphatic carbocycles. The van der Waals surface area contributed by atoms with Gasteiger partial charge in [-0.3, -0.25) is 4.79 Å². The standard InChI is InChI=1S/C15H24F2N4O2/c1-14(2,15(3,16)17)13(23)18-7-10-5-9(6-11(10)22)12-20-19-8-21(12)4/h8-11,22H,5-7H2,1-4H3,(H,18,23)/t9-,10+,11+/m0/s1. The molecular weight excluding hydrogens is 306 g/mol. The molecule has 0 aromatic carbocycles. The molecule has 130 valence electrons. The molecule has 1 amide bonds. The van der Waals surface area contributed by atoms with Crippen LogP contribution >= 0.6 is 0 Å². The number of hydrogen-bond acceptors (Lipinski definition) is 4. The van der Waals surface area contributed by atoms with E-state index in [1.807, 2.05) is 7.05 Å². The van der Waals surface area contributed by atoms with Crippen LogP contribution in [0.2, 0.25) is 0 Å². The molecule has 6 nitrogen and oxygen atoms in total. The third-order valence-electron chi connectivity index (χ3n) is 4.96. The Morgan fingerprint density at radius 2 is 2.09 bits per heavy atom. The van der Waals surface area contributed by atoms with Crippen LogP contribution in [-0.4, -0.2) is 44.3 Å². The van der Waals surface area contributed by atoms with Gasteiger partial charge in [0, 0.05) is 32.4 Å². The number of aromatic nitrogens is 3. The van der Waals surface area contributed by atoms with Crippen molar-refractivity contribution in [3.63, 3.8) is 0 Å². The highest BCUT2D eigenvalue weighted by Gasteiger charge is 2.48. The van der Waals surface area contributed by atoms with Crippen molar-refractivity contribution in [2.45, 2.75) is 51.6 Å². The molecule has 1 heterocycles. The van der Waals surface area contributed by atoms with Crippen LogP contribution in [0.25, 0.3) is 0 Å². The van der Waals surface area contributed by atoms with E-state index in [0.717, 1.165) is 12.7 Å². The summed E-state index contributed by atoms with van der Waals surface area (Å²) in [6, 6.07) is 0. The van der Waals surface area contributed by atoms with Crippen molar-refractivity contribution >= 4 is 5.91 Å². The topological polar surface area (TPSA) is 80.0 Å². The highest BCUT2D eigenvalue weighted by molar-refractivity contribution is 5.82. The summed E-state index contributed by atoms with van der Waals surface area (Å²) >= 11 is 0. The largest absolute Gasteiger partial charge is 0.393 e. The van der Waals surface area contributed by atoms with E-state index in [1.165, 1.54) is 13.8 Å². The number of nitrogens with one attached hydrogen (secondary N) is 1. The molecule has 2 rings (SSSR count). The molecule has 0 bridgehead atoms. The van der Waals surface area contributed by atoms with Gasteiger partial charge in [0.1, 0.15) is 17.6 Å². The predicted molar refractivity (Wildman–Crippen MR) is 79.9 cm³/mol. The van der Waals surface area contributed by atoms with E-state index in [1.54, 1.807) is 10.9 Å². The van der Waals surface area contributed by atoms with Crippen molar-refractivity contribution in [3.8, 4) is 0 Å². The minimum absolute atomic E-state index is 0.0556. The zero-order valence-electron chi connectivity index (χ0n) is 13.9. The van der Waals surface area contributed by atoms with E-state index in [4.69, 9.17) is 0 Å². The summed E-state index contributed by atoms with van der Waals surface area (Å²) in [4.78, 5) is 12.0. The van der Waals surface area contributed by atoms with Gasteiger partial charge in [-0.05, 0) is 26.7 Å². The molecular formula is C15H24F2N4O2. The maximum Gasteiger partial charge on any atom is 0.259 e. The number of rotatable bonds is 5. The second-order valence-corrected chi connectivity index (χ2v) is 7.02. The third-order valence-corrected chi connectivity index (χ3v) is 4.96. The van der Waals surface area contributed by atoms with Gasteiger partial charge < -0.3 is 15.0 Å². The van der Waals surface area contributed by atoms with Crippen LogP contribution in [-0.2, 0) is 11.8 Å². The molecule has 2 N–H and O–H groups in total. The van der Waals surface area contributed by atoms with Gasteiger partial charge in [0.15, 0.2) is 0 Å². The number of amides is 1. The maximum absolute atomic E-state index is 13.5. The van der Waals surface area contributed by atoms with Gasteiger partial charge in [-0.15, -0.1) is 10.2 Å². The monoisotopic (exact) mass is 330 g/mol. The lowest BCUT2D eigenvalue weighted by molar-refractivity contribution is -0.151. The molecule has 0 radical (unpaired) electrons. The van der Waals surface area contributed by atoms with E-state index in [9.17, 15) is 18.7 Å². The number of alkyl halides is 2. The van der Waals surface area contributed by atoms with Crippen molar-refractivity contribution in [2.75, 3.05) is 6.54 Å². The minimum Gasteiger partial charge on any atom is -0.393 e. The van der Waals surface area contributed by atoms with Gasteiger partial charge >= 0.3 is 0 Å². The van der Waals surface area contributed by atoms with E-state index >= 15 is 0 Å². The molecule has 8 heteroatoms. The summed E-state index contributed by atoms with van der Waals surface area (Å²) in [7, 11) is 1.84. The molecule has 1 fully saturated rings. The number of hydrogen-bond donors (Lipinski definition) is 2. The van der Waals surface area contributed by atoms with Crippen LogP contribution in [0.5, 0.6) is 0 Å². The number of carbonyl (C=O) groups excluding carboxylic acids is 1. The predicted octanol–water partition coefficient (Wildman–Crippen LogP) is 1.47. The number of aryl methyl sites for hydroxylation is 1. The summed E-state index contributed by atoms with van der Waals surface area (Å²) in [6.45, 7) is 3.35. The van der Waals surface area contributed by atoms with Crippen molar-refractivity contribution in [1.29, 1.82) is 0 Å². The molecule has 0 saturated heterocycles. The Morgan fingerprint density at radius 1 is 1.43 bits per heavy atom. The summed E-state index contributed by atoms with van der Waals surface area (Å²) in [5, 5.41) is 20.6. The van der Waals surface area contributed by atoms with Gasteiger partial charge in [-0.25, -0.2) is 8.78 Å². The Kier molecular flexibility index (Phi) is 4.75. The number of aliphatic hydroxyl groups excluding tert-OH is 1. The van der Waals surface area contributed by atoms with Crippen LogP contribution < -0.4 is 5.32 Å². The second kappa shape index (κ2) is 6.14. The van der Waals surface area contributed by atoms with Gasteiger partial charge in [-0.2, -0.15) is 0 Å². The Hall–Kier alpha value is -1.57. The van der Waals surface area contributed by atoms with E-state index in [0.29, 0.717) is 12.8 Å². The van der Waals surface area contributed by atoms with Crippen LogP contribution in [0.3, 0.4) is 0 Å². The first kappa shape index (κ1) is 17.8. The van der Waals surface area contributed by atoms with E-state index < -0.39 is 23.3 Å². The van der Waals surface area contributed by atoms with E-state index in [-0.39, 0.29) is 18.4 Å². The molecule has 1 aliphatic rings. The quantitative estimate of drug-likeness (QED) is 0.857. The van der Waals surface area contributed by atoms with Crippen LogP contribution in [0, 0.1) is 11.3 Å². The molecule has 1 aromatic heterocycles. The minimum atomic E-state index is -3.12. The SMILES string of the molecule is Cn1cnnc1[C@H]1C[C@H](CNC(=O)C(C)(C)C(C)(F)F)[C@H](O)C1. The molecule has 0 aliphatic heterocycles. The Morgan fingerprint density at radius 3 is 2.61 bits per heavy atom. The Bertz CT molecular complexity index is 568. The first-order valence-corrected chi connectivity index (χ1v) is 7.72. The Balaban J connectivity index is 1.94. The summed E-state index contributed by atoms with van der Waals surface area (Å²) in [6.07, 6.45) is 2.17. The Labute approximate surface area is 134 Å². The first-order chi connectivity index (χ1) is 10.5. The number of aliphatic hydroxyl groups is 1. The second-order valence-electron chi connectivity index (χ2n) is 7.02. The highest BCUT2D eigenvalue weighted by Crippen LogP contribution is 2.38. The summed E-state index contributed by atoms with van der Waals surface area (Å²) < 4.78 is 28.8. The van der Waals surface area contributed by atoms with Crippen molar-refractivity contribution in [3.05, 3.63) is 12.2 Å². The fourth-order valence-corrected chi connectivity index (χ4v) is 2.84. The molecule has 1 aromatic rings. The van der Waals surface area contributed by atoms with Gasteiger partial charge in [0.2, 0.25) is 5.91 Å². The van der Waals surface area contributed by atoms with E-state index in [2.05, 4.69) is 15.5 Å². The van der Waals surface area contributed by atoms with Gasteiger partial charge in [0.25, 0.3) is 5.92 Å². The fourth-order valence-electron chi connectivity index (χ4n) is 2.84. The smallest absolute Gasteiger partial charge is 0.259 e. The van der Waals surface area contributed by atoms with Crippen LogP contribution in [0.15, 0.2) is 6.33 Å². The van der Waals surface area contributed by atoms with Gasteiger partial charge in [-0.1, -0.05) is 0 Å². The summed E-state index contributed by atoms with van der Waals surface area (Å²) in [5.74, 6) is -3.16. The molecule has 23 heavy (non-hydrogen) atoms. The third kappa shape index (κ3) is 3.52. The van der Waals surface area contributed by atoms with Crippen LogP contribution in [0.4, 0.5) is 8.78 Å². The maximum atomic E-state index is 13.5. The zero-order chi connectivity index (χ0) is 17.4. The lowest BCUT2D eigenvalue weighted by Crippen LogP contribution is -2.48. The van der Waals surface area contributed by atoms with Crippen molar-refractivity contribution in [1.82, 2.24) is 20.1 Å². The average molecular weight is 330 g/mol. The number of carbonyl (C=O) groups is 1. The fraction of sp³-hybridized carbons (Fsp3) is 0.800. The lowest BCUT2D eigenvalue weighted by Gasteiger charge is -2.30. The van der Waals surface area contributed by atoms with Crippen LogP contribution in [0.1, 0.15) is 45.4 Å². The zero-order valence-corrected chi connectivity index (χ0v) is 13.9. The molecule has 0 spiro atoms. The van der Waals surface area contributed by atoms with Crippen molar-refractivity contribution < 1.29 is 18.7 Å². The normalized spacial score (nSPS) is 25.6. The van der Waals surface area contributed by atoms with Gasteiger partial charge in [0.05, 0.1) is 6.10 Å². The van der Waals surface area contributed by atoms with Crippen molar-refractivity contribution in [2.24, 2.45) is 18.4 Å². The average Bonchev–Trinajstić information content (AvgIpc) is 3.00.